The van der Waals surface area contributed by atoms with Crippen molar-refractivity contribution in [2.24, 2.45) is 5.73 Å². The monoisotopic (exact) mass is 251 g/mol. The number of rotatable bonds is 2. The lowest BCUT2D eigenvalue weighted by Gasteiger charge is -2.15. The maximum atomic E-state index is 6.28. The summed E-state index contributed by atoms with van der Waals surface area (Å²) in [5.41, 5.74) is 9.71. The first-order chi connectivity index (χ1) is 7.61. The third kappa shape index (κ3) is 2.01. The molecule has 0 saturated heterocycles. The second-order valence-corrected chi connectivity index (χ2v) is 5.25. The van der Waals surface area contributed by atoms with Crippen molar-refractivity contribution in [3.63, 3.8) is 0 Å². The van der Waals surface area contributed by atoms with E-state index in [1.54, 1.807) is 11.3 Å². The van der Waals surface area contributed by atoms with E-state index < -0.39 is 0 Å². The molecule has 1 unspecified atom stereocenters. The van der Waals surface area contributed by atoms with Crippen molar-refractivity contribution in [1.29, 1.82) is 0 Å². The van der Waals surface area contributed by atoms with Gasteiger partial charge in [0.2, 0.25) is 0 Å². The second kappa shape index (κ2) is 4.58. The second-order valence-electron chi connectivity index (χ2n) is 3.90. The zero-order valence-electron chi connectivity index (χ0n) is 9.33. The summed E-state index contributed by atoms with van der Waals surface area (Å²) in [5.74, 6) is 0. The normalized spacial score (nSPS) is 12.8. The van der Waals surface area contributed by atoms with Crippen molar-refractivity contribution in [2.75, 3.05) is 0 Å². The Hall–Kier alpha value is -0.830. The van der Waals surface area contributed by atoms with E-state index in [2.05, 4.69) is 18.4 Å². The average Bonchev–Trinajstić information content (AvgIpc) is 2.68. The molecule has 0 aliphatic carbocycles. The van der Waals surface area contributed by atoms with Crippen molar-refractivity contribution in [2.45, 2.75) is 19.9 Å². The van der Waals surface area contributed by atoms with Gasteiger partial charge < -0.3 is 5.73 Å². The summed E-state index contributed by atoms with van der Waals surface area (Å²) in [7, 11) is 0. The van der Waals surface area contributed by atoms with Gasteiger partial charge in [0.1, 0.15) is 0 Å². The minimum Gasteiger partial charge on any atom is -0.320 e. The lowest BCUT2D eigenvalue weighted by Crippen LogP contribution is -2.12. The van der Waals surface area contributed by atoms with Crippen LogP contribution in [0.15, 0.2) is 29.6 Å². The van der Waals surface area contributed by atoms with Gasteiger partial charge in [-0.3, -0.25) is 0 Å². The largest absolute Gasteiger partial charge is 0.320 e. The molecule has 0 radical (unpaired) electrons. The fourth-order valence-electron chi connectivity index (χ4n) is 1.81. The van der Waals surface area contributed by atoms with Crippen LogP contribution in [-0.4, -0.2) is 0 Å². The lowest BCUT2D eigenvalue weighted by molar-refractivity contribution is 0.875. The highest BCUT2D eigenvalue weighted by Crippen LogP contribution is 2.31. The smallest absolute Gasteiger partial charge is 0.0651 e. The van der Waals surface area contributed by atoms with Crippen LogP contribution in [0.4, 0.5) is 0 Å². The number of nitrogens with two attached hydrogens (primary N) is 1. The minimum absolute atomic E-state index is 0.0706. The van der Waals surface area contributed by atoms with Gasteiger partial charge in [-0.1, -0.05) is 23.7 Å². The average molecular weight is 252 g/mol. The Morgan fingerprint density at radius 1 is 1.25 bits per heavy atom. The molecular formula is C13H14ClNS. The molecule has 0 amide bonds. The summed E-state index contributed by atoms with van der Waals surface area (Å²) in [5, 5.41) is 2.85. The van der Waals surface area contributed by atoms with Crippen molar-refractivity contribution >= 4 is 22.9 Å². The number of benzene rings is 1. The molecule has 2 N–H and O–H groups in total. The number of thiophene rings is 1. The van der Waals surface area contributed by atoms with Crippen LogP contribution in [0.1, 0.15) is 27.6 Å². The Bertz CT molecular complexity index is 504. The van der Waals surface area contributed by atoms with Gasteiger partial charge in [-0.2, -0.15) is 0 Å². The van der Waals surface area contributed by atoms with E-state index in [-0.39, 0.29) is 6.04 Å². The highest BCUT2D eigenvalue weighted by Gasteiger charge is 2.15. The zero-order chi connectivity index (χ0) is 11.7. The highest BCUT2D eigenvalue weighted by atomic mass is 35.5. The molecule has 1 atom stereocenters. The lowest BCUT2D eigenvalue weighted by atomic mass is 9.99. The van der Waals surface area contributed by atoms with Crippen molar-refractivity contribution in [1.82, 2.24) is 0 Å². The van der Waals surface area contributed by atoms with Crippen LogP contribution in [-0.2, 0) is 0 Å². The molecule has 84 valence electrons. The first-order valence-electron chi connectivity index (χ1n) is 5.16. The quantitative estimate of drug-likeness (QED) is 0.856. The summed E-state index contributed by atoms with van der Waals surface area (Å²) in [6, 6.07) is 7.92. The van der Waals surface area contributed by atoms with Gasteiger partial charge in [-0.15, -0.1) is 11.3 Å². The van der Waals surface area contributed by atoms with Crippen LogP contribution < -0.4 is 5.73 Å². The van der Waals surface area contributed by atoms with Gasteiger partial charge >= 0.3 is 0 Å². The molecule has 1 aromatic heterocycles. The fourth-order valence-corrected chi connectivity index (χ4v) is 2.93. The summed E-state index contributed by atoms with van der Waals surface area (Å²) in [6.07, 6.45) is 0. The molecule has 1 nitrogen and oxygen atoms in total. The molecule has 0 fully saturated rings. The Kier molecular flexibility index (Phi) is 3.33. The molecule has 16 heavy (non-hydrogen) atoms. The molecule has 3 heteroatoms. The van der Waals surface area contributed by atoms with E-state index in [0.717, 1.165) is 16.1 Å². The van der Waals surface area contributed by atoms with Crippen LogP contribution in [0, 0.1) is 13.8 Å². The summed E-state index contributed by atoms with van der Waals surface area (Å²) < 4.78 is 0. The van der Waals surface area contributed by atoms with E-state index >= 15 is 0 Å². The zero-order valence-corrected chi connectivity index (χ0v) is 10.9. The first kappa shape index (κ1) is 11.6. The maximum Gasteiger partial charge on any atom is 0.0651 e. The van der Waals surface area contributed by atoms with Gasteiger partial charge in [0.05, 0.1) is 6.04 Å². The standard InChI is InChI=1S/C13H14ClNS/c1-8-6-7-16-13(8)12(15)10-4-3-5-11(14)9(10)2/h3-7,12H,15H2,1-2H3. The highest BCUT2D eigenvalue weighted by molar-refractivity contribution is 7.10. The number of hydrogen-bond acceptors (Lipinski definition) is 2. The Morgan fingerprint density at radius 2 is 2.00 bits per heavy atom. The van der Waals surface area contributed by atoms with E-state index in [1.165, 1.54) is 10.4 Å². The van der Waals surface area contributed by atoms with Gasteiger partial charge in [0, 0.05) is 9.90 Å². The fraction of sp³-hybridized carbons (Fsp3) is 0.231. The van der Waals surface area contributed by atoms with Gasteiger partial charge in [0.25, 0.3) is 0 Å². The van der Waals surface area contributed by atoms with Gasteiger partial charge in [-0.25, -0.2) is 0 Å². The third-order valence-corrected chi connectivity index (χ3v) is 4.34. The molecular weight excluding hydrogens is 238 g/mol. The van der Waals surface area contributed by atoms with E-state index in [4.69, 9.17) is 17.3 Å². The van der Waals surface area contributed by atoms with E-state index in [9.17, 15) is 0 Å². The van der Waals surface area contributed by atoms with E-state index in [0.29, 0.717) is 0 Å². The van der Waals surface area contributed by atoms with Crippen molar-refractivity contribution < 1.29 is 0 Å². The topological polar surface area (TPSA) is 26.0 Å². The summed E-state index contributed by atoms with van der Waals surface area (Å²) in [6.45, 7) is 4.10. The predicted octanol–water partition coefficient (Wildman–Crippen LogP) is 4.07. The number of aryl methyl sites for hydroxylation is 1. The molecule has 0 saturated carbocycles. The van der Waals surface area contributed by atoms with E-state index in [1.807, 2.05) is 25.1 Å². The van der Waals surface area contributed by atoms with Gasteiger partial charge in [0.15, 0.2) is 0 Å². The minimum atomic E-state index is -0.0706. The Labute approximate surface area is 105 Å². The van der Waals surface area contributed by atoms with Crippen LogP contribution in [0.3, 0.4) is 0 Å². The summed E-state index contributed by atoms with van der Waals surface area (Å²) in [4.78, 5) is 1.21. The number of halogens is 1. The van der Waals surface area contributed by atoms with Gasteiger partial charge in [-0.05, 0) is 48.1 Å². The maximum absolute atomic E-state index is 6.28. The van der Waals surface area contributed by atoms with Crippen LogP contribution in [0.25, 0.3) is 0 Å². The van der Waals surface area contributed by atoms with Crippen LogP contribution in [0.5, 0.6) is 0 Å². The molecule has 1 aromatic carbocycles. The molecule has 0 aliphatic rings. The SMILES string of the molecule is Cc1ccsc1C(N)c1cccc(Cl)c1C. The molecule has 2 rings (SSSR count). The molecule has 1 heterocycles. The molecule has 0 aliphatic heterocycles. The predicted molar refractivity (Wildman–Crippen MR) is 71.3 cm³/mol. The number of hydrogen-bond donors (Lipinski definition) is 1. The van der Waals surface area contributed by atoms with Crippen molar-refractivity contribution in [3.8, 4) is 0 Å². The molecule has 2 aromatic rings. The first-order valence-corrected chi connectivity index (χ1v) is 6.41. The Balaban J connectivity index is 2.46. The third-order valence-electron chi connectivity index (χ3n) is 2.83. The van der Waals surface area contributed by atoms with Crippen LogP contribution in [0.2, 0.25) is 5.02 Å². The summed E-state index contributed by atoms with van der Waals surface area (Å²) >= 11 is 7.81. The molecule has 0 bridgehead atoms. The van der Waals surface area contributed by atoms with Crippen molar-refractivity contribution in [3.05, 3.63) is 56.2 Å². The molecule has 0 spiro atoms. The Morgan fingerprint density at radius 3 is 2.62 bits per heavy atom. The van der Waals surface area contributed by atoms with Crippen LogP contribution >= 0.6 is 22.9 Å².